The van der Waals surface area contributed by atoms with Gasteiger partial charge in [0.2, 0.25) is 29.5 Å². The van der Waals surface area contributed by atoms with Gasteiger partial charge in [0.15, 0.2) is 6.10 Å². The van der Waals surface area contributed by atoms with Crippen LogP contribution in [0.5, 0.6) is 0 Å². The molecule has 6 amide bonds. The van der Waals surface area contributed by atoms with Gasteiger partial charge < -0.3 is 56.0 Å². The first-order valence-electron chi connectivity index (χ1n) is 23.8. The van der Waals surface area contributed by atoms with Crippen LogP contribution in [-0.2, 0) is 65.7 Å². The molecule has 0 radical (unpaired) electrons. The van der Waals surface area contributed by atoms with Gasteiger partial charge in [0.25, 0.3) is 0 Å². The molecule has 3 rings (SSSR count). The fraction of sp³-hybridized carbons (Fsp3) is 0.569. The number of ether oxygens (including phenoxy) is 4. The molecule has 0 aliphatic carbocycles. The number of amides is 6. The maximum absolute atomic E-state index is 12.9. The number of alkyl carbamates (subject to hydrolysis) is 1. The monoisotopic (exact) mass is 979 g/mol. The van der Waals surface area contributed by atoms with Crippen LogP contribution in [0, 0.1) is 23.2 Å². The molecule has 19 heteroatoms. The number of epoxide rings is 1. The van der Waals surface area contributed by atoms with Gasteiger partial charge >= 0.3 is 18.0 Å². The van der Waals surface area contributed by atoms with Gasteiger partial charge in [-0.25, -0.2) is 9.59 Å². The summed E-state index contributed by atoms with van der Waals surface area (Å²) in [6, 6.07) is 13.6. The van der Waals surface area contributed by atoms with E-state index < -0.39 is 64.8 Å². The molecule has 0 spiro atoms. The smallest absolute Gasteiger partial charge is 0.407 e. The molecule has 0 aromatic heterocycles. The number of allylic oxidation sites excluding steroid dienone is 1. The number of carboxylic acids is 1. The Morgan fingerprint density at radius 2 is 1.44 bits per heavy atom. The van der Waals surface area contributed by atoms with Gasteiger partial charge in [-0.1, -0.05) is 77.1 Å². The summed E-state index contributed by atoms with van der Waals surface area (Å²) >= 11 is 0. The van der Waals surface area contributed by atoms with Crippen molar-refractivity contribution in [3.8, 4) is 0 Å². The average Bonchev–Trinajstić information content (AvgIpc) is 4.10. The van der Waals surface area contributed by atoms with E-state index in [0.717, 1.165) is 17.5 Å². The van der Waals surface area contributed by atoms with Crippen LogP contribution in [0.25, 0.3) is 0 Å². The van der Waals surface area contributed by atoms with Crippen LogP contribution in [-0.4, -0.2) is 103 Å². The lowest BCUT2D eigenvalue weighted by atomic mass is 9.93. The summed E-state index contributed by atoms with van der Waals surface area (Å²) in [6.45, 7) is 17.8. The number of nitrogens with one attached hydrogen (secondary N) is 6. The predicted octanol–water partition coefficient (Wildman–Crippen LogP) is 5.23. The van der Waals surface area contributed by atoms with E-state index in [-0.39, 0.29) is 81.5 Å². The molecule has 2 aromatic carbocycles. The van der Waals surface area contributed by atoms with E-state index in [1.807, 2.05) is 45.0 Å². The topological polar surface area (TPSA) is 269 Å². The van der Waals surface area contributed by atoms with Crippen LogP contribution in [0.3, 0.4) is 0 Å². The molecule has 0 bridgehead atoms. The summed E-state index contributed by atoms with van der Waals surface area (Å²) in [5.74, 6) is -4.20. The highest BCUT2D eigenvalue weighted by atomic mass is 16.6. The second-order valence-electron chi connectivity index (χ2n) is 19.5. The van der Waals surface area contributed by atoms with Gasteiger partial charge in [0.1, 0.15) is 18.8 Å². The fourth-order valence-electron chi connectivity index (χ4n) is 7.09. The zero-order valence-electron chi connectivity index (χ0n) is 42.2. The van der Waals surface area contributed by atoms with Crippen LogP contribution in [0.4, 0.5) is 10.5 Å². The molecule has 70 heavy (non-hydrogen) atoms. The summed E-state index contributed by atoms with van der Waals surface area (Å²) in [4.78, 5) is 99.2. The molecule has 19 nitrogen and oxygen atoms in total. The second kappa shape index (κ2) is 27.7. The summed E-state index contributed by atoms with van der Waals surface area (Å²) in [6.07, 6.45) is 2.80. The van der Waals surface area contributed by atoms with E-state index in [2.05, 4.69) is 38.8 Å². The molecule has 1 unspecified atom stereocenters. The SMILES string of the molecule is CCOC(C)(C)CC(=O)NC(C(=O)NCC(=O)Nc1ccc(COC(=O)NCc2ccc([C@H]3O[C@@H]3[C@@H](C)CC/C=C/C(=O)NCC(=O)NCC(C)(C)C(=O)O[C@@H](CC(C)C)C(=O)O)cc2)cc1)C(C)C. The largest absolute Gasteiger partial charge is 0.479 e. The maximum Gasteiger partial charge on any atom is 0.407 e. The summed E-state index contributed by atoms with van der Waals surface area (Å²) in [7, 11) is 0. The van der Waals surface area contributed by atoms with Crippen molar-refractivity contribution in [2.45, 2.75) is 138 Å². The van der Waals surface area contributed by atoms with Crippen molar-refractivity contribution in [1.82, 2.24) is 26.6 Å². The number of rotatable bonds is 29. The number of benzene rings is 2. The van der Waals surface area contributed by atoms with Crippen LogP contribution in [0.1, 0.15) is 118 Å². The van der Waals surface area contributed by atoms with Crippen LogP contribution >= 0.6 is 0 Å². The minimum absolute atomic E-state index is 0.0000642. The van der Waals surface area contributed by atoms with Gasteiger partial charge in [0, 0.05) is 25.4 Å². The normalized spacial score (nSPS) is 15.8. The Morgan fingerprint density at radius 1 is 0.800 bits per heavy atom. The molecule has 386 valence electrons. The zero-order valence-corrected chi connectivity index (χ0v) is 42.2. The van der Waals surface area contributed by atoms with Crippen LogP contribution in [0.15, 0.2) is 60.7 Å². The van der Waals surface area contributed by atoms with Gasteiger partial charge in [-0.2, -0.15) is 0 Å². The fourth-order valence-corrected chi connectivity index (χ4v) is 7.09. The standard InChI is InChI=1S/C51H74N6O13/c1-11-68-51(9,10)25-40(59)57-43(32(4)5)46(62)53-28-42(61)56-37-22-18-35(19-23-37)29-67-49(66)54-26-34-16-20-36(21-17-34)45-44(70-45)33(6)14-12-13-15-39(58)52-27-41(60)55-30-50(7,8)48(65)69-38(47(63)64)24-31(2)3/h13,15-23,31-33,38,43-45H,11-12,14,24-30H2,1-10H3,(H,52,58)(H,53,62)(H,54,66)(H,55,60)(H,56,61)(H,57,59)(H,63,64)/b15-13+/t33-,38-,43?,44+,45+/m0/s1. The average molecular weight is 979 g/mol. The highest BCUT2D eigenvalue weighted by molar-refractivity contribution is 5.96. The lowest BCUT2D eigenvalue weighted by molar-refractivity contribution is -0.171. The zero-order chi connectivity index (χ0) is 52.2. The molecule has 0 saturated carbocycles. The van der Waals surface area contributed by atoms with Crippen LogP contribution in [0.2, 0.25) is 0 Å². The minimum atomic E-state index is -1.28. The molecule has 1 aliphatic rings. The number of esters is 1. The maximum atomic E-state index is 12.9. The number of carboxylic acid groups (broad SMARTS) is 1. The molecule has 5 atom stereocenters. The van der Waals surface area contributed by atoms with Crippen molar-refractivity contribution in [3.05, 3.63) is 77.4 Å². The molecule has 1 heterocycles. The van der Waals surface area contributed by atoms with Gasteiger partial charge in [-0.3, -0.25) is 28.8 Å². The summed E-state index contributed by atoms with van der Waals surface area (Å²) < 4.78 is 22.1. The lowest BCUT2D eigenvalue weighted by Gasteiger charge is -2.26. The van der Waals surface area contributed by atoms with E-state index in [1.54, 1.807) is 58.0 Å². The first-order chi connectivity index (χ1) is 32.9. The third kappa shape index (κ3) is 21.1. The molecule has 1 fully saturated rings. The Bertz CT molecular complexity index is 2120. The predicted molar refractivity (Wildman–Crippen MR) is 261 cm³/mol. The molecule has 7 N–H and O–H groups in total. The lowest BCUT2D eigenvalue weighted by Crippen LogP contribution is -2.52. The van der Waals surface area contributed by atoms with E-state index in [0.29, 0.717) is 24.3 Å². The number of carbonyl (C=O) groups is 8. The Balaban J connectivity index is 1.30. The number of carbonyl (C=O) groups excluding carboxylic acids is 7. The van der Waals surface area contributed by atoms with Crippen molar-refractivity contribution in [2.24, 2.45) is 23.2 Å². The molecule has 1 saturated heterocycles. The quantitative estimate of drug-likeness (QED) is 0.0313. The third-order valence-corrected chi connectivity index (χ3v) is 11.2. The number of hydrogen-bond donors (Lipinski definition) is 7. The van der Waals surface area contributed by atoms with Gasteiger partial charge in [-0.15, -0.1) is 0 Å². The molecule has 1 aliphatic heterocycles. The Hall–Kier alpha value is -6.34. The van der Waals surface area contributed by atoms with E-state index in [4.69, 9.17) is 18.9 Å². The highest BCUT2D eigenvalue weighted by Gasteiger charge is 2.43. The second-order valence-corrected chi connectivity index (χ2v) is 19.5. The molecule has 2 aromatic rings. The molecular formula is C51H74N6O13. The van der Waals surface area contributed by atoms with E-state index in [1.165, 1.54) is 19.9 Å². The van der Waals surface area contributed by atoms with E-state index in [9.17, 15) is 43.5 Å². The number of aliphatic carboxylic acids is 1. The van der Waals surface area contributed by atoms with Crippen molar-refractivity contribution in [1.29, 1.82) is 0 Å². The Labute approximate surface area is 411 Å². The number of hydrogen-bond acceptors (Lipinski definition) is 12. The summed E-state index contributed by atoms with van der Waals surface area (Å²) in [5.41, 5.74) is 1.19. The number of anilines is 1. The van der Waals surface area contributed by atoms with Gasteiger partial charge in [0.05, 0.1) is 36.6 Å². The van der Waals surface area contributed by atoms with Crippen molar-refractivity contribution >= 4 is 53.3 Å². The van der Waals surface area contributed by atoms with Crippen molar-refractivity contribution in [2.75, 3.05) is 31.6 Å². The first-order valence-corrected chi connectivity index (χ1v) is 23.8. The summed E-state index contributed by atoms with van der Waals surface area (Å²) in [5, 5.41) is 25.2. The first kappa shape index (κ1) is 58.0. The van der Waals surface area contributed by atoms with E-state index >= 15 is 0 Å². The van der Waals surface area contributed by atoms with Crippen molar-refractivity contribution < 1.29 is 62.4 Å². The highest BCUT2D eigenvalue weighted by Crippen LogP contribution is 2.44. The Morgan fingerprint density at radius 3 is 2.06 bits per heavy atom. The van der Waals surface area contributed by atoms with Gasteiger partial charge in [-0.05, 0) is 107 Å². The third-order valence-electron chi connectivity index (χ3n) is 11.2. The van der Waals surface area contributed by atoms with Crippen molar-refractivity contribution in [3.63, 3.8) is 0 Å². The van der Waals surface area contributed by atoms with Crippen LogP contribution < -0.4 is 31.9 Å². The minimum Gasteiger partial charge on any atom is -0.479 e. The Kier molecular flexibility index (Phi) is 23.0. The molecular weight excluding hydrogens is 905 g/mol.